The van der Waals surface area contributed by atoms with Crippen LogP contribution in [0.3, 0.4) is 0 Å². The number of hydrogen-bond donors (Lipinski definition) is 2. The molecule has 0 spiro atoms. The summed E-state index contributed by atoms with van der Waals surface area (Å²) in [5, 5.41) is 0. The summed E-state index contributed by atoms with van der Waals surface area (Å²) in [4.78, 5) is 20.6. The first kappa shape index (κ1) is 19.2. The fraction of sp³-hybridized carbons (Fsp3) is 0.667. The summed E-state index contributed by atoms with van der Waals surface area (Å²) in [6.07, 6.45) is -3.16. The topological polar surface area (TPSA) is 79.4 Å². The number of nitrogens with zero attached hydrogens (tertiary/aromatic N) is 3. The summed E-state index contributed by atoms with van der Waals surface area (Å²) in [5.74, 6) is 0.386. The van der Waals surface area contributed by atoms with Crippen molar-refractivity contribution in [3.05, 3.63) is 18.0 Å². The first-order valence-corrected chi connectivity index (χ1v) is 7.91. The highest BCUT2D eigenvalue weighted by Gasteiger charge is 2.35. The molecule has 1 amide bonds. The Morgan fingerprint density at radius 2 is 2.04 bits per heavy atom. The second-order valence-corrected chi connectivity index (χ2v) is 6.85. The van der Waals surface area contributed by atoms with Gasteiger partial charge in [0.25, 0.3) is 0 Å². The molecule has 10 heteroatoms. The number of alkyl halides is 3. The molecule has 0 aromatic carbocycles. The number of hydrazine groups is 1. The predicted octanol–water partition coefficient (Wildman–Crippen LogP) is 2.35. The summed E-state index contributed by atoms with van der Waals surface area (Å²) >= 11 is 0. The first-order chi connectivity index (χ1) is 11.5. The Morgan fingerprint density at radius 3 is 2.64 bits per heavy atom. The predicted molar refractivity (Wildman–Crippen MR) is 84.7 cm³/mol. The maximum Gasteiger partial charge on any atom is 0.433 e. The van der Waals surface area contributed by atoms with E-state index in [2.05, 4.69) is 20.8 Å². The minimum atomic E-state index is -4.47. The monoisotopic (exact) mass is 361 g/mol. The summed E-state index contributed by atoms with van der Waals surface area (Å²) in [5.41, 5.74) is 3.70. The fourth-order valence-electron chi connectivity index (χ4n) is 2.29. The van der Waals surface area contributed by atoms with E-state index >= 15 is 0 Å². The number of halogens is 3. The Morgan fingerprint density at radius 1 is 1.36 bits per heavy atom. The number of rotatable bonds is 5. The number of amides is 1. The van der Waals surface area contributed by atoms with Gasteiger partial charge in [-0.1, -0.05) is 0 Å². The molecule has 1 fully saturated rings. The normalized spacial score (nSPS) is 15.7. The van der Waals surface area contributed by atoms with Crippen molar-refractivity contribution in [2.45, 2.75) is 39.0 Å². The van der Waals surface area contributed by atoms with Crippen LogP contribution in [0, 0.1) is 5.92 Å². The Hall–Kier alpha value is -2.10. The lowest BCUT2D eigenvalue weighted by molar-refractivity contribution is -0.141. The highest BCUT2D eigenvalue weighted by molar-refractivity contribution is 5.66. The van der Waals surface area contributed by atoms with Crippen LogP contribution in [0.25, 0.3) is 0 Å². The van der Waals surface area contributed by atoms with Gasteiger partial charge >= 0.3 is 12.3 Å². The van der Waals surface area contributed by atoms with Crippen molar-refractivity contribution in [2.24, 2.45) is 5.92 Å². The Bertz CT molecular complexity index is 598. The number of ether oxygens (including phenoxy) is 1. The van der Waals surface area contributed by atoms with E-state index in [4.69, 9.17) is 4.74 Å². The van der Waals surface area contributed by atoms with E-state index < -0.39 is 23.6 Å². The second-order valence-electron chi connectivity index (χ2n) is 6.85. The lowest BCUT2D eigenvalue weighted by Gasteiger charge is -2.39. The van der Waals surface area contributed by atoms with E-state index in [-0.39, 0.29) is 5.95 Å². The molecule has 0 unspecified atom stereocenters. The molecule has 2 N–H and O–H groups in total. The maximum absolute atomic E-state index is 12.6. The minimum Gasteiger partial charge on any atom is -0.443 e. The Balaban J connectivity index is 1.67. The summed E-state index contributed by atoms with van der Waals surface area (Å²) < 4.78 is 43.0. The van der Waals surface area contributed by atoms with Gasteiger partial charge in [-0.2, -0.15) is 13.2 Å². The third kappa shape index (κ3) is 6.04. The molecule has 1 aliphatic rings. The van der Waals surface area contributed by atoms with Crippen molar-refractivity contribution in [3.63, 3.8) is 0 Å². The molecule has 0 atom stereocenters. The van der Waals surface area contributed by atoms with Gasteiger partial charge in [0.15, 0.2) is 0 Å². The van der Waals surface area contributed by atoms with Crippen molar-refractivity contribution < 1.29 is 22.7 Å². The van der Waals surface area contributed by atoms with E-state index in [0.717, 1.165) is 18.7 Å². The Kier molecular flexibility index (Phi) is 5.71. The van der Waals surface area contributed by atoms with E-state index in [9.17, 15) is 18.0 Å². The average Bonchev–Trinajstić information content (AvgIpc) is 2.42. The molecule has 1 aromatic heterocycles. The zero-order valence-electron chi connectivity index (χ0n) is 14.4. The smallest absolute Gasteiger partial charge is 0.433 e. The minimum absolute atomic E-state index is 0.0888. The van der Waals surface area contributed by atoms with Crippen molar-refractivity contribution in [1.29, 1.82) is 0 Å². The highest BCUT2D eigenvalue weighted by atomic mass is 19.4. The van der Waals surface area contributed by atoms with Gasteiger partial charge in [0.05, 0.1) is 0 Å². The van der Waals surface area contributed by atoms with Crippen molar-refractivity contribution in [2.75, 3.05) is 24.5 Å². The number of carbonyl (C=O) groups excluding carboxylic acids is 1. The number of hydrogen-bond acceptors (Lipinski definition) is 6. The molecule has 1 aromatic rings. The largest absolute Gasteiger partial charge is 0.443 e. The molecule has 25 heavy (non-hydrogen) atoms. The summed E-state index contributed by atoms with van der Waals surface area (Å²) in [6.45, 7) is 6.99. The van der Waals surface area contributed by atoms with E-state index in [1.165, 1.54) is 0 Å². The number of anilines is 1. The van der Waals surface area contributed by atoms with Gasteiger partial charge in [0, 0.05) is 25.8 Å². The Labute approximate surface area is 143 Å². The third-order valence-corrected chi connectivity index (χ3v) is 3.44. The lowest BCUT2D eigenvalue weighted by atomic mass is 9.97. The molecular weight excluding hydrogens is 339 g/mol. The first-order valence-electron chi connectivity index (χ1n) is 7.91. The van der Waals surface area contributed by atoms with Crippen LogP contribution < -0.4 is 15.8 Å². The number of nitrogens with one attached hydrogen (secondary N) is 2. The molecule has 2 rings (SSSR count). The van der Waals surface area contributed by atoms with Gasteiger partial charge in [0.1, 0.15) is 11.3 Å². The number of carbonyl (C=O) groups is 1. The third-order valence-electron chi connectivity index (χ3n) is 3.44. The van der Waals surface area contributed by atoms with Crippen LogP contribution in [0.1, 0.15) is 32.9 Å². The van der Waals surface area contributed by atoms with E-state index in [1.807, 2.05) is 0 Å². The fourth-order valence-corrected chi connectivity index (χ4v) is 2.29. The van der Waals surface area contributed by atoms with Gasteiger partial charge in [-0.25, -0.2) is 20.2 Å². The van der Waals surface area contributed by atoms with Crippen molar-refractivity contribution in [1.82, 2.24) is 20.8 Å². The van der Waals surface area contributed by atoms with Crippen LogP contribution in [0.2, 0.25) is 0 Å². The zero-order valence-corrected chi connectivity index (χ0v) is 14.4. The van der Waals surface area contributed by atoms with Gasteiger partial charge in [-0.3, -0.25) is 5.43 Å². The molecule has 0 bridgehead atoms. The van der Waals surface area contributed by atoms with E-state index in [0.29, 0.717) is 25.6 Å². The summed E-state index contributed by atoms with van der Waals surface area (Å²) in [6, 6.07) is 0.854. The van der Waals surface area contributed by atoms with Crippen molar-refractivity contribution in [3.8, 4) is 0 Å². The quantitative estimate of drug-likeness (QED) is 0.619. The maximum atomic E-state index is 12.6. The molecular formula is C15H22F3N5O2. The summed E-state index contributed by atoms with van der Waals surface area (Å²) in [7, 11) is 0. The molecule has 140 valence electrons. The van der Waals surface area contributed by atoms with E-state index in [1.54, 1.807) is 25.7 Å². The van der Waals surface area contributed by atoms with Crippen molar-refractivity contribution >= 4 is 12.0 Å². The molecule has 1 saturated heterocycles. The number of aromatic nitrogens is 2. The van der Waals surface area contributed by atoms with Crippen LogP contribution in [-0.2, 0) is 10.9 Å². The molecule has 0 radical (unpaired) electrons. The molecule has 7 nitrogen and oxygen atoms in total. The van der Waals surface area contributed by atoms with Crippen LogP contribution in [0.5, 0.6) is 0 Å². The van der Waals surface area contributed by atoms with Gasteiger partial charge in [-0.05, 0) is 39.2 Å². The van der Waals surface area contributed by atoms with Gasteiger partial charge < -0.3 is 9.64 Å². The van der Waals surface area contributed by atoms with Gasteiger partial charge in [-0.15, -0.1) is 0 Å². The van der Waals surface area contributed by atoms with Gasteiger partial charge in [0.2, 0.25) is 5.95 Å². The molecule has 2 heterocycles. The molecule has 0 aliphatic carbocycles. The zero-order chi connectivity index (χ0) is 18.7. The average molecular weight is 361 g/mol. The second kappa shape index (κ2) is 7.42. The van der Waals surface area contributed by atoms with Crippen LogP contribution >= 0.6 is 0 Å². The standard InChI is InChI=1S/C15H22F3N5O2/c1-14(2,3)25-13(24)22-20-7-4-10-8-23(9-10)12-19-6-5-11(21-12)15(16,17)18/h5-6,10,20H,4,7-9H2,1-3H3,(H,22,24). The van der Waals surface area contributed by atoms with Crippen LogP contribution in [0.15, 0.2) is 12.3 Å². The molecule has 1 aliphatic heterocycles. The highest BCUT2D eigenvalue weighted by Crippen LogP contribution is 2.30. The lowest BCUT2D eigenvalue weighted by Crippen LogP contribution is -2.49. The van der Waals surface area contributed by atoms with Crippen LogP contribution in [0.4, 0.5) is 23.9 Å². The SMILES string of the molecule is CC(C)(C)OC(=O)NNCCC1CN(c2nccc(C(F)(F)F)n2)C1. The van der Waals surface area contributed by atoms with Crippen LogP contribution in [-0.4, -0.2) is 41.3 Å². The molecule has 0 saturated carbocycles.